The summed E-state index contributed by atoms with van der Waals surface area (Å²) in [5.41, 5.74) is 2.09. The molecule has 0 saturated carbocycles. The molecule has 1 aliphatic rings. The van der Waals surface area contributed by atoms with Gasteiger partial charge in [-0.05, 0) is 51.9 Å². The number of carbonyl (C=O) groups is 1. The first-order valence-corrected chi connectivity index (χ1v) is 8.58. The molecule has 1 amide bonds. The Kier molecular flexibility index (Phi) is 4.96. The van der Waals surface area contributed by atoms with Gasteiger partial charge in [-0.3, -0.25) is 4.79 Å². The molecule has 2 aromatic rings. The van der Waals surface area contributed by atoms with Crippen LogP contribution in [0.3, 0.4) is 0 Å². The van der Waals surface area contributed by atoms with Crippen LogP contribution in [0, 0.1) is 5.92 Å². The molecule has 0 bridgehead atoms. The molecule has 3 heterocycles. The minimum absolute atomic E-state index is 0.173. The second-order valence-electron chi connectivity index (χ2n) is 6.62. The summed E-state index contributed by atoms with van der Waals surface area (Å²) in [6.07, 6.45) is 6.66. The van der Waals surface area contributed by atoms with E-state index in [-0.39, 0.29) is 11.8 Å². The standard InChI is InChI=1S/C18H26N4O/c1-14(2)21-11-7-15(8-12-21)18(23)19-9-6-16-13-20-17-5-3-4-10-22(16)17/h3-5,10,13-15H,6-9,11-12H2,1-2H3,(H,19,23). The Balaban J connectivity index is 1.46. The number of likely N-dealkylation sites (tertiary alicyclic amines) is 1. The third-order valence-corrected chi connectivity index (χ3v) is 4.80. The van der Waals surface area contributed by atoms with E-state index in [2.05, 4.69) is 33.4 Å². The maximum atomic E-state index is 12.3. The molecule has 1 aliphatic heterocycles. The first-order valence-electron chi connectivity index (χ1n) is 8.58. The van der Waals surface area contributed by atoms with Gasteiger partial charge in [0.05, 0.1) is 0 Å². The number of nitrogens with zero attached hydrogens (tertiary/aromatic N) is 3. The molecule has 5 nitrogen and oxygen atoms in total. The van der Waals surface area contributed by atoms with Crippen molar-refractivity contribution >= 4 is 11.6 Å². The van der Waals surface area contributed by atoms with E-state index < -0.39 is 0 Å². The zero-order chi connectivity index (χ0) is 16.2. The fraction of sp³-hybridized carbons (Fsp3) is 0.556. The van der Waals surface area contributed by atoms with Crippen molar-refractivity contribution in [3.63, 3.8) is 0 Å². The molecule has 3 rings (SSSR count). The minimum atomic E-state index is 0.173. The number of pyridine rings is 1. The smallest absolute Gasteiger partial charge is 0.223 e. The number of rotatable bonds is 5. The van der Waals surface area contributed by atoms with Crippen molar-refractivity contribution in [1.29, 1.82) is 0 Å². The summed E-state index contributed by atoms with van der Waals surface area (Å²) in [4.78, 5) is 19.1. The molecule has 1 saturated heterocycles. The van der Waals surface area contributed by atoms with Gasteiger partial charge in [-0.1, -0.05) is 6.07 Å². The number of nitrogens with one attached hydrogen (secondary N) is 1. The number of hydrogen-bond acceptors (Lipinski definition) is 3. The van der Waals surface area contributed by atoms with Gasteiger partial charge in [0.1, 0.15) is 5.65 Å². The highest BCUT2D eigenvalue weighted by molar-refractivity contribution is 5.78. The predicted molar refractivity (Wildman–Crippen MR) is 91.3 cm³/mol. The highest BCUT2D eigenvalue weighted by Crippen LogP contribution is 2.19. The molecule has 23 heavy (non-hydrogen) atoms. The lowest BCUT2D eigenvalue weighted by Crippen LogP contribution is -2.43. The fourth-order valence-electron chi connectivity index (χ4n) is 3.31. The van der Waals surface area contributed by atoms with Crippen LogP contribution in [0.1, 0.15) is 32.4 Å². The zero-order valence-electron chi connectivity index (χ0n) is 14.0. The average Bonchev–Trinajstić information content (AvgIpc) is 2.98. The summed E-state index contributed by atoms with van der Waals surface area (Å²) in [6, 6.07) is 6.55. The predicted octanol–water partition coefficient (Wildman–Crippen LogP) is 2.11. The molecule has 0 aliphatic carbocycles. The summed E-state index contributed by atoms with van der Waals surface area (Å²) in [5, 5.41) is 3.10. The number of carbonyl (C=O) groups excluding carboxylic acids is 1. The summed E-state index contributed by atoms with van der Waals surface area (Å²) in [7, 11) is 0. The van der Waals surface area contributed by atoms with Gasteiger partial charge in [0.15, 0.2) is 0 Å². The van der Waals surface area contributed by atoms with Gasteiger partial charge in [0, 0.05) is 43.0 Å². The quantitative estimate of drug-likeness (QED) is 0.919. The maximum Gasteiger partial charge on any atom is 0.223 e. The lowest BCUT2D eigenvalue weighted by atomic mass is 9.95. The molecule has 1 N–H and O–H groups in total. The van der Waals surface area contributed by atoms with Gasteiger partial charge < -0.3 is 14.6 Å². The first-order chi connectivity index (χ1) is 11.1. The van der Waals surface area contributed by atoms with Gasteiger partial charge >= 0.3 is 0 Å². The zero-order valence-corrected chi connectivity index (χ0v) is 14.0. The Morgan fingerprint density at radius 1 is 1.35 bits per heavy atom. The highest BCUT2D eigenvalue weighted by Gasteiger charge is 2.25. The second-order valence-corrected chi connectivity index (χ2v) is 6.62. The van der Waals surface area contributed by atoms with Crippen molar-refractivity contribution < 1.29 is 4.79 Å². The van der Waals surface area contributed by atoms with Crippen LogP contribution in [0.5, 0.6) is 0 Å². The van der Waals surface area contributed by atoms with E-state index in [1.807, 2.05) is 30.6 Å². The van der Waals surface area contributed by atoms with Crippen LogP contribution >= 0.6 is 0 Å². The molecule has 0 atom stereocenters. The Morgan fingerprint density at radius 3 is 2.87 bits per heavy atom. The Morgan fingerprint density at radius 2 is 2.13 bits per heavy atom. The fourth-order valence-corrected chi connectivity index (χ4v) is 3.31. The van der Waals surface area contributed by atoms with Gasteiger partial charge in [0.2, 0.25) is 5.91 Å². The first kappa shape index (κ1) is 16.0. The minimum Gasteiger partial charge on any atom is -0.355 e. The number of fused-ring (bicyclic) bond motifs is 1. The van der Waals surface area contributed by atoms with Gasteiger partial charge in [-0.25, -0.2) is 4.98 Å². The molecule has 124 valence electrons. The Bertz CT molecular complexity index is 656. The third-order valence-electron chi connectivity index (χ3n) is 4.80. The van der Waals surface area contributed by atoms with Gasteiger partial charge in [-0.15, -0.1) is 0 Å². The molecule has 0 aromatic carbocycles. The molecule has 5 heteroatoms. The molecule has 1 fully saturated rings. The van der Waals surface area contributed by atoms with Crippen molar-refractivity contribution in [2.75, 3.05) is 19.6 Å². The number of imidazole rings is 1. The average molecular weight is 314 g/mol. The van der Waals surface area contributed by atoms with Crippen LogP contribution < -0.4 is 5.32 Å². The van der Waals surface area contributed by atoms with E-state index in [0.717, 1.165) is 43.7 Å². The summed E-state index contributed by atoms with van der Waals surface area (Å²) < 4.78 is 2.08. The topological polar surface area (TPSA) is 49.6 Å². The molecular formula is C18H26N4O. The van der Waals surface area contributed by atoms with Crippen molar-refractivity contribution in [2.24, 2.45) is 5.92 Å². The Hall–Kier alpha value is -1.88. The maximum absolute atomic E-state index is 12.3. The number of piperidine rings is 1. The molecule has 0 radical (unpaired) electrons. The summed E-state index contributed by atoms with van der Waals surface area (Å²) in [5.74, 6) is 0.384. The lowest BCUT2D eigenvalue weighted by molar-refractivity contribution is -0.126. The van der Waals surface area contributed by atoms with E-state index in [4.69, 9.17) is 0 Å². The Labute approximate surface area is 137 Å². The van der Waals surface area contributed by atoms with Crippen LogP contribution in [-0.2, 0) is 11.2 Å². The second kappa shape index (κ2) is 7.13. The van der Waals surface area contributed by atoms with Crippen molar-refractivity contribution in [3.8, 4) is 0 Å². The number of hydrogen-bond donors (Lipinski definition) is 1. The van der Waals surface area contributed by atoms with Gasteiger partial charge in [-0.2, -0.15) is 0 Å². The molecule has 0 unspecified atom stereocenters. The monoisotopic (exact) mass is 314 g/mol. The molecule has 2 aromatic heterocycles. The van der Waals surface area contributed by atoms with E-state index in [0.29, 0.717) is 12.6 Å². The van der Waals surface area contributed by atoms with Crippen LogP contribution in [0.4, 0.5) is 0 Å². The third kappa shape index (κ3) is 3.72. The SMILES string of the molecule is CC(C)N1CCC(C(=O)NCCc2cnc3ccccn23)CC1. The van der Waals surface area contributed by atoms with Crippen LogP contribution in [0.2, 0.25) is 0 Å². The van der Waals surface area contributed by atoms with E-state index in [1.54, 1.807) is 0 Å². The lowest BCUT2D eigenvalue weighted by Gasteiger charge is -2.33. The van der Waals surface area contributed by atoms with Crippen LogP contribution in [0.15, 0.2) is 30.6 Å². The van der Waals surface area contributed by atoms with Crippen molar-refractivity contribution in [3.05, 3.63) is 36.3 Å². The van der Waals surface area contributed by atoms with E-state index in [9.17, 15) is 4.79 Å². The van der Waals surface area contributed by atoms with Crippen LogP contribution in [0.25, 0.3) is 5.65 Å². The number of aromatic nitrogens is 2. The van der Waals surface area contributed by atoms with Crippen molar-refractivity contribution in [1.82, 2.24) is 19.6 Å². The van der Waals surface area contributed by atoms with Crippen molar-refractivity contribution in [2.45, 2.75) is 39.2 Å². The largest absolute Gasteiger partial charge is 0.355 e. The van der Waals surface area contributed by atoms with Crippen LogP contribution in [-0.4, -0.2) is 45.9 Å². The summed E-state index contributed by atoms with van der Waals surface area (Å²) >= 11 is 0. The number of amides is 1. The summed E-state index contributed by atoms with van der Waals surface area (Å²) in [6.45, 7) is 7.17. The normalized spacial score (nSPS) is 17.0. The van der Waals surface area contributed by atoms with E-state index in [1.165, 1.54) is 0 Å². The van der Waals surface area contributed by atoms with E-state index >= 15 is 0 Å². The highest BCUT2D eigenvalue weighted by atomic mass is 16.1. The molecule has 0 spiro atoms. The molecular weight excluding hydrogens is 288 g/mol. The van der Waals surface area contributed by atoms with Gasteiger partial charge in [0.25, 0.3) is 0 Å².